The molecule has 0 fully saturated rings. The number of hydrogen-bond acceptors (Lipinski definition) is 3. The van der Waals surface area contributed by atoms with Gasteiger partial charge in [-0.1, -0.05) is 29.3 Å². The van der Waals surface area contributed by atoms with Gasteiger partial charge in [0.05, 0.1) is 15.7 Å². The van der Waals surface area contributed by atoms with Crippen molar-refractivity contribution in [3.05, 3.63) is 50.2 Å². The van der Waals surface area contributed by atoms with Crippen molar-refractivity contribution in [1.82, 2.24) is 4.98 Å². The van der Waals surface area contributed by atoms with Gasteiger partial charge >= 0.3 is 0 Å². The number of H-pyrrole nitrogens is 1. The molecule has 0 aliphatic carbocycles. The van der Waals surface area contributed by atoms with Crippen molar-refractivity contribution in [2.45, 2.75) is 12.8 Å². The van der Waals surface area contributed by atoms with Crippen molar-refractivity contribution < 1.29 is 9.90 Å². The number of pyridine rings is 1. The van der Waals surface area contributed by atoms with Crippen molar-refractivity contribution in [3.8, 4) is 17.0 Å². The first-order valence-electron chi connectivity index (χ1n) is 6.07. The number of amides is 1. The van der Waals surface area contributed by atoms with E-state index in [2.05, 4.69) is 4.98 Å². The van der Waals surface area contributed by atoms with Crippen LogP contribution in [0.5, 0.6) is 5.75 Å². The zero-order chi connectivity index (χ0) is 15.6. The molecule has 1 amide bonds. The fourth-order valence-corrected chi connectivity index (χ4v) is 2.27. The van der Waals surface area contributed by atoms with E-state index in [0.717, 1.165) is 0 Å². The molecular formula is C14H12Cl2N2O3. The van der Waals surface area contributed by atoms with Crippen LogP contribution in [-0.2, 0) is 11.2 Å². The lowest BCUT2D eigenvalue weighted by Crippen LogP contribution is -2.13. The highest BCUT2D eigenvalue weighted by molar-refractivity contribution is 6.42. The molecule has 1 aromatic heterocycles. The minimum Gasteiger partial charge on any atom is -0.507 e. The van der Waals surface area contributed by atoms with Gasteiger partial charge in [0.15, 0.2) is 0 Å². The van der Waals surface area contributed by atoms with Gasteiger partial charge in [0.25, 0.3) is 0 Å². The molecule has 0 atom stereocenters. The molecule has 4 N–H and O–H groups in total. The second kappa shape index (κ2) is 6.20. The summed E-state index contributed by atoms with van der Waals surface area (Å²) >= 11 is 11.8. The Labute approximate surface area is 130 Å². The van der Waals surface area contributed by atoms with Crippen LogP contribution in [0, 0.1) is 0 Å². The molecule has 0 bridgehead atoms. The van der Waals surface area contributed by atoms with Crippen LogP contribution in [0.4, 0.5) is 0 Å². The van der Waals surface area contributed by atoms with Gasteiger partial charge in [-0.2, -0.15) is 0 Å². The summed E-state index contributed by atoms with van der Waals surface area (Å²) in [5.74, 6) is -0.572. The average Bonchev–Trinajstić information content (AvgIpc) is 2.41. The highest BCUT2D eigenvalue weighted by Gasteiger charge is 2.14. The Morgan fingerprint density at radius 2 is 1.90 bits per heavy atom. The van der Waals surface area contributed by atoms with Crippen molar-refractivity contribution in [3.63, 3.8) is 0 Å². The van der Waals surface area contributed by atoms with Crippen LogP contribution in [0.3, 0.4) is 0 Å². The number of halogens is 2. The normalized spacial score (nSPS) is 10.6. The first-order chi connectivity index (χ1) is 9.88. The molecular weight excluding hydrogens is 315 g/mol. The Morgan fingerprint density at radius 1 is 1.24 bits per heavy atom. The Hall–Kier alpha value is -1.98. The predicted molar refractivity (Wildman–Crippen MR) is 81.7 cm³/mol. The minimum absolute atomic E-state index is 0.119. The Kier molecular flexibility index (Phi) is 4.55. The van der Waals surface area contributed by atoms with Gasteiger partial charge in [-0.05, 0) is 18.1 Å². The molecule has 5 nitrogen and oxygen atoms in total. The Balaban J connectivity index is 2.56. The van der Waals surface area contributed by atoms with Gasteiger partial charge in [0, 0.05) is 24.1 Å². The largest absolute Gasteiger partial charge is 0.507 e. The van der Waals surface area contributed by atoms with Gasteiger partial charge in [-0.15, -0.1) is 0 Å². The first kappa shape index (κ1) is 15.4. The number of hydrogen-bond donors (Lipinski definition) is 3. The van der Waals surface area contributed by atoms with E-state index >= 15 is 0 Å². The standard InChI is InChI=1S/C14H12Cl2N2O3/c15-9-5-8(11(19)6-10(9)16)14-7(1-3-12(17)20)2-4-13(21)18-14/h2,4-6,19H,1,3H2,(H2,17,20)(H,18,21). The molecule has 0 saturated carbocycles. The van der Waals surface area contributed by atoms with Gasteiger partial charge in [0.1, 0.15) is 5.75 Å². The van der Waals surface area contributed by atoms with E-state index in [4.69, 9.17) is 28.9 Å². The fraction of sp³-hybridized carbons (Fsp3) is 0.143. The summed E-state index contributed by atoms with van der Waals surface area (Å²) in [6, 6.07) is 5.67. The average molecular weight is 327 g/mol. The third-order valence-corrected chi connectivity index (χ3v) is 3.68. The number of phenolic OH excluding ortho intramolecular Hbond substituents is 1. The van der Waals surface area contributed by atoms with Gasteiger partial charge in [0.2, 0.25) is 11.5 Å². The van der Waals surface area contributed by atoms with Crippen molar-refractivity contribution >= 4 is 29.1 Å². The number of nitrogens with two attached hydrogens (primary N) is 1. The maximum atomic E-state index is 11.5. The van der Waals surface area contributed by atoms with Crippen molar-refractivity contribution in [1.29, 1.82) is 0 Å². The van der Waals surface area contributed by atoms with E-state index in [0.29, 0.717) is 23.2 Å². The number of nitrogens with one attached hydrogen (secondary N) is 1. The quantitative estimate of drug-likeness (QED) is 0.805. The van der Waals surface area contributed by atoms with E-state index in [-0.39, 0.29) is 27.8 Å². The lowest BCUT2D eigenvalue weighted by Gasteiger charge is -2.11. The predicted octanol–water partition coefficient (Wildman–Crippen LogP) is 2.47. The minimum atomic E-state index is -0.453. The van der Waals surface area contributed by atoms with Crippen molar-refractivity contribution in [2.24, 2.45) is 5.73 Å². The lowest BCUT2D eigenvalue weighted by atomic mass is 10.0. The molecule has 0 saturated heterocycles. The summed E-state index contributed by atoms with van der Waals surface area (Å²) in [6.45, 7) is 0. The number of benzene rings is 1. The molecule has 0 unspecified atom stereocenters. The smallest absolute Gasteiger partial charge is 0.248 e. The number of aromatic hydroxyl groups is 1. The highest BCUT2D eigenvalue weighted by Crippen LogP contribution is 2.36. The zero-order valence-corrected chi connectivity index (χ0v) is 12.3. The van der Waals surface area contributed by atoms with Gasteiger partial charge in [-0.25, -0.2) is 0 Å². The number of rotatable bonds is 4. The molecule has 1 heterocycles. The molecule has 0 spiro atoms. The number of aromatic amines is 1. The molecule has 0 radical (unpaired) electrons. The second-order valence-electron chi connectivity index (χ2n) is 4.47. The van der Waals surface area contributed by atoms with Crippen LogP contribution >= 0.6 is 23.2 Å². The summed E-state index contributed by atoms with van der Waals surface area (Å²) in [5, 5.41) is 10.5. The molecule has 2 rings (SSSR count). The number of carbonyl (C=O) groups excluding carboxylic acids is 1. The van der Waals surface area contributed by atoms with E-state index in [1.54, 1.807) is 6.07 Å². The number of aryl methyl sites for hydroxylation is 1. The number of carbonyl (C=O) groups is 1. The highest BCUT2D eigenvalue weighted by atomic mass is 35.5. The maximum Gasteiger partial charge on any atom is 0.248 e. The number of aromatic nitrogens is 1. The third-order valence-electron chi connectivity index (χ3n) is 2.95. The molecule has 0 aliphatic heterocycles. The molecule has 1 aromatic carbocycles. The van der Waals surface area contributed by atoms with Gasteiger partial charge < -0.3 is 15.8 Å². The number of primary amides is 1. The van der Waals surface area contributed by atoms with Crippen LogP contribution in [-0.4, -0.2) is 16.0 Å². The third kappa shape index (κ3) is 3.56. The van der Waals surface area contributed by atoms with E-state index in [1.165, 1.54) is 18.2 Å². The van der Waals surface area contributed by atoms with Crippen LogP contribution in [0.2, 0.25) is 10.0 Å². The van der Waals surface area contributed by atoms with Crippen LogP contribution in [0.1, 0.15) is 12.0 Å². The maximum absolute atomic E-state index is 11.5. The fourth-order valence-electron chi connectivity index (χ4n) is 1.95. The zero-order valence-electron chi connectivity index (χ0n) is 10.8. The van der Waals surface area contributed by atoms with E-state index in [1.807, 2.05) is 0 Å². The summed E-state index contributed by atoms with van der Waals surface area (Å²) in [5.41, 5.74) is 6.19. The SMILES string of the molecule is NC(=O)CCc1ccc(=O)[nH]c1-c1cc(Cl)c(Cl)cc1O. The second-order valence-corrected chi connectivity index (χ2v) is 5.29. The summed E-state index contributed by atoms with van der Waals surface area (Å²) in [7, 11) is 0. The Morgan fingerprint density at radius 3 is 2.57 bits per heavy atom. The van der Waals surface area contributed by atoms with E-state index in [9.17, 15) is 14.7 Å². The van der Waals surface area contributed by atoms with Crippen molar-refractivity contribution in [2.75, 3.05) is 0 Å². The number of phenols is 1. The lowest BCUT2D eigenvalue weighted by molar-refractivity contribution is -0.117. The Bertz CT molecular complexity index is 756. The monoisotopic (exact) mass is 326 g/mol. The van der Waals surface area contributed by atoms with Crippen LogP contribution in [0.15, 0.2) is 29.1 Å². The molecule has 7 heteroatoms. The van der Waals surface area contributed by atoms with Gasteiger partial charge in [-0.3, -0.25) is 9.59 Å². The summed E-state index contributed by atoms with van der Waals surface area (Å²) < 4.78 is 0. The van der Waals surface area contributed by atoms with Crippen LogP contribution < -0.4 is 11.3 Å². The first-order valence-corrected chi connectivity index (χ1v) is 6.83. The molecule has 2 aromatic rings. The summed E-state index contributed by atoms with van der Waals surface area (Å²) in [4.78, 5) is 25.1. The van der Waals surface area contributed by atoms with Crippen LogP contribution in [0.25, 0.3) is 11.3 Å². The molecule has 21 heavy (non-hydrogen) atoms. The topological polar surface area (TPSA) is 96.2 Å². The summed E-state index contributed by atoms with van der Waals surface area (Å²) in [6.07, 6.45) is 0.461. The molecule has 0 aliphatic rings. The molecule has 110 valence electrons. The van der Waals surface area contributed by atoms with E-state index < -0.39 is 5.91 Å².